The van der Waals surface area contributed by atoms with Crippen molar-refractivity contribution >= 4 is 5.91 Å². The van der Waals surface area contributed by atoms with Crippen LogP contribution in [0.2, 0.25) is 0 Å². The Bertz CT molecular complexity index is 695. The van der Waals surface area contributed by atoms with E-state index in [1.54, 1.807) is 7.11 Å². The second-order valence-corrected chi connectivity index (χ2v) is 6.25. The molecule has 1 aromatic carbocycles. The molecule has 128 valence electrons. The number of hydrogen-bond acceptors (Lipinski definition) is 3. The number of amides is 1. The van der Waals surface area contributed by atoms with E-state index in [-0.39, 0.29) is 11.9 Å². The molecule has 0 spiro atoms. The van der Waals surface area contributed by atoms with Gasteiger partial charge in [0.1, 0.15) is 0 Å². The SMILES string of the molecule is COCc1ccccc1CNC(=O)CN1CCn2cccc2C1C. The number of ether oxygens (including phenoxy) is 1. The summed E-state index contributed by atoms with van der Waals surface area (Å²) in [6.45, 7) is 5.53. The molecule has 1 unspecified atom stereocenters. The van der Waals surface area contributed by atoms with E-state index in [1.165, 1.54) is 5.69 Å². The standard InChI is InChI=1S/C19H25N3O2/c1-15-18-8-5-9-21(18)10-11-22(15)13-19(23)20-12-16-6-3-4-7-17(16)14-24-2/h3-9,15H,10-14H2,1-2H3,(H,20,23). The van der Waals surface area contributed by atoms with Gasteiger partial charge in [0.15, 0.2) is 0 Å². The molecule has 1 aliphatic heterocycles. The Labute approximate surface area is 143 Å². The van der Waals surface area contributed by atoms with Gasteiger partial charge in [0, 0.05) is 44.7 Å². The van der Waals surface area contributed by atoms with Gasteiger partial charge in [0.05, 0.1) is 13.2 Å². The number of fused-ring (bicyclic) bond motifs is 1. The van der Waals surface area contributed by atoms with Crippen LogP contribution in [0.15, 0.2) is 42.6 Å². The highest BCUT2D eigenvalue weighted by Crippen LogP contribution is 2.24. The predicted octanol–water partition coefficient (Wildman–Crippen LogP) is 2.33. The van der Waals surface area contributed by atoms with Gasteiger partial charge in [-0.1, -0.05) is 24.3 Å². The summed E-state index contributed by atoms with van der Waals surface area (Å²) in [6, 6.07) is 12.5. The molecule has 2 heterocycles. The summed E-state index contributed by atoms with van der Waals surface area (Å²) in [4.78, 5) is 14.6. The van der Waals surface area contributed by atoms with Crippen molar-refractivity contribution in [3.05, 3.63) is 59.4 Å². The number of aromatic nitrogens is 1. The van der Waals surface area contributed by atoms with Crippen LogP contribution in [0, 0.1) is 0 Å². The van der Waals surface area contributed by atoms with Gasteiger partial charge in [-0.15, -0.1) is 0 Å². The zero-order valence-corrected chi connectivity index (χ0v) is 14.4. The Hall–Kier alpha value is -2.11. The Balaban J connectivity index is 1.55. The second-order valence-electron chi connectivity index (χ2n) is 6.25. The Kier molecular flexibility index (Phi) is 5.33. The summed E-state index contributed by atoms with van der Waals surface area (Å²) in [7, 11) is 1.68. The lowest BCUT2D eigenvalue weighted by Gasteiger charge is -2.34. The van der Waals surface area contributed by atoms with E-state index in [4.69, 9.17) is 4.74 Å². The van der Waals surface area contributed by atoms with Crippen molar-refractivity contribution in [2.24, 2.45) is 0 Å². The van der Waals surface area contributed by atoms with Crippen LogP contribution in [0.3, 0.4) is 0 Å². The first kappa shape index (κ1) is 16.7. The maximum atomic E-state index is 12.4. The molecule has 5 heteroatoms. The number of methoxy groups -OCH3 is 1. The monoisotopic (exact) mass is 327 g/mol. The van der Waals surface area contributed by atoms with Crippen molar-refractivity contribution in [3.63, 3.8) is 0 Å². The molecule has 24 heavy (non-hydrogen) atoms. The second kappa shape index (κ2) is 7.64. The zero-order chi connectivity index (χ0) is 16.9. The highest BCUT2D eigenvalue weighted by molar-refractivity contribution is 5.78. The molecule has 1 amide bonds. The zero-order valence-electron chi connectivity index (χ0n) is 14.4. The largest absolute Gasteiger partial charge is 0.380 e. The molecular weight excluding hydrogens is 302 g/mol. The normalized spacial score (nSPS) is 17.5. The van der Waals surface area contributed by atoms with Crippen molar-refractivity contribution in [3.8, 4) is 0 Å². The van der Waals surface area contributed by atoms with E-state index in [1.807, 2.05) is 24.3 Å². The molecule has 0 radical (unpaired) electrons. The number of benzene rings is 1. The van der Waals surface area contributed by atoms with Crippen molar-refractivity contribution in [2.75, 3.05) is 20.2 Å². The maximum absolute atomic E-state index is 12.4. The third kappa shape index (κ3) is 3.68. The molecular formula is C19H25N3O2. The summed E-state index contributed by atoms with van der Waals surface area (Å²) in [5.41, 5.74) is 3.50. The summed E-state index contributed by atoms with van der Waals surface area (Å²) >= 11 is 0. The smallest absolute Gasteiger partial charge is 0.234 e. The van der Waals surface area contributed by atoms with Crippen LogP contribution in [0.5, 0.6) is 0 Å². The highest BCUT2D eigenvalue weighted by Gasteiger charge is 2.24. The summed E-state index contributed by atoms with van der Waals surface area (Å²) < 4.78 is 7.48. The van der Waals surface area contributed by atoms with Gasteiger partial charge in [-0.25, -0.2) is 0 Å². The predicted molar refractivity (Wildman–Crippen MR) is 93.4 cm³/mol. The van der Waals surface area contributed by atoms with Crippen LogP contribution in [0.25, 0.3) is 0 Å². The number of rotatable bonds is 6. The molecule has 1 aromatic heterocycles. The van der Waals surface area contributed by atoms with Gasteiger partial charge in [-0.3, -0.25) is 9.69 Å². The minimum Gasteiger partial charge on any atom is -0.380 e. The highest BCUT2D eigenvalue weighted by atomic mass is 16.5. The lowest BCUT2D eigenvalue weighted by atomic mass is 10.1. The van der Waals surface area contributed by atoms with Crippen molar-refractivity contribution < 1.29 is 9.53 Å². The maximum Gasteiger partial charge on any atom is 0.234 e. The first-order valence-electron chi connectivity index (χ1n) is 8.40. The quantitative estimate of drug-likeness (QED) is 0.886. The fourth-order valence-electron chi connectivity index (χ4n) is 3.30. The number of carbonyl (C=O) groups is 1. The van der Waals surface area contributed by atoms with Gasteiger partial charge in [-0.05, 0) is 30.2 Å². The van der Waals surface area contributed by atoms with E-state index < -0.39 is 0 Å². The van der Waals surface area contributed by atoms with E-state index in [0.717, 1.165) is 24.2 Å². The van der Waals surface area contributed by atoms with Gasteiger partial charge in [0.2, 0.25) is 5.91 Å². The molecule has 2 aromatic rings. The van der Waals surface area contributed by atoms with Crippen LogP contribution < -0.4 is 5.32 Å². The van der Waals surface area contributed by atoms with Crippen LogP contribution >= 0.6 is 0 Å². The van der Waals surface area contributed by atoms with Crippen molar-refractivity contribution in [1.82, 2.24) is 14.8 Å². The number of nitrogens with one attached hydrogen (secondary N) is 1. The Morgan fingerprint density at radius 1 is 1.21 bits per heavy atom. The van der Waals surface area contributed by atoms with Crippen molar-refractivity contribution in [2.45, 2.75) is 32.7 Å². The average molecular weight is 327 g/mol. The van der Waals surface area contributed by atoms with Gasteiger partial charge >= 0.3 is 0 Å². The molecule has 1 aliphatic rings. The molecule has 1 atom stereocenters. The third-order valence-corrected chi connectivity index (χ3v) is 4.71. The molecule has 0 saturated carbocycles. The lowest BCUT2D eigenvalue weighted by molar-refractivity contribution is -0.123. The summed E-state index contributed by atoms with van der Waals surface area (Å²) in [6.07, 6.45) is 2.11. The molecule has 3 rings (SSSR count). The first-order chi connectivity index (χ1) is 11.7. The van der Waals surface area contributed by atoms with Crippen LogP contribution in [0.4, 0.5) is 0 Å². The van der Waals surface area contributed by atoms with Gasteiger partial charge in [0.25, 0.3) is 0 Å². The lowest BCUT2D eigenvalue weighted by Crippen LogP contribution is -2.43. The summed E-state index contributed by atoms with van der Waals surface area (Å²) in [5.74, 6) is 0.0640. The van der Waals surface area contributed by atoms with Crippen LogP contribution in [-0.4, -0.2) is 35.6 Å². The third-order valence-electron chi connectivity index (χ3n) is 4.71. The van der Waals surface area contributed by atoms with E-state index >= 15 is 0 Å². The van der Waals surface area contributed by atoms with Crippen LogP contribution in [-0.2, 0) is 29.2 Å². The Morgan fingerprint density at radius 2 is 2.00 bits per heavy atom. The van der Waals surface area contributed by atoms with Gasteiger partial charge < -0.3 is 14.6 Å². The molecule has 0 aliphatic carbocycles. The van der Waals surface area contributed by atoms with E-state index in [9.17, 15) is 4.79 Å². The topological polar surface area (TPSA) is 46.5 Å². The van der Waals surface area contributed by atoms with Crippen molar-refractivity contribution in [1.29, 1.82) is 0 Å². The molecule has 0 fully saturated rings. The average Bonchev–Trinajstić information content (AvgIpc) is 3.06. The number of hydrogen-bond donors (Lipinski definition) is 1. The minimum absolute atomic E-state index is 0.0640. The molecule has 1 N–H and O–H groups in total. The van der Waals surface area contributed by atoms with Gasteiger partial charge in [-0.2, -0.15) is 0 Å². The molecule has 5 nitrogen and oxygen atoms in total. The Morgan fingerprint density at radius 3 is 2.79 bits per heavy atom. The fourth-order valence-corrected chi connectivity index (χ4v) is 3.30. The molecule has 0 bridgehead atoms. The van der Waals surface area contributed by atoms with Crippen LogP contribution in [0.1, 0.15) is 29.8 Å². The number of nitrogens with zero attached hydrogens (tertiary/aromatic N) is 2. The summed E-state index contributed by atoms with van der Waals surface area (Å²) in [5, 5.41) is 3.04. The molecule has 0 saturated heterocycles. The minimum atomic E-state index is 0.0640. The first-order valence-corrected chi connectivity index (χ1v) is 8.40. The van der Waals surface area contributed by atoms with E-state index in [0.29, 0.717) is 19.7 Å². The van der Waals surface area contributed by atoms with E-state index in [2.05, 4.69) is 40.0 Å². The number of carbonyl (C=O) groups excluding carboxylic acids is 1. The fraction of sp³-hybridized carbons (Fsp3) is 0.421.